The van der Waals surface area contributed by atoms with Gasteiger partial charge in [-0.1, -0.05) is 36.4 Å². The Morgan fingerprint density at radius 1 is 1.00 bits per heavy atom. The van der Waals surface area contributed by atoms with Gasteiger partial charge in [-0.2, -0.15) is 13.2 Å². The second-order valence-electron chi connectivity index (χ2n) is 5.72. The van der Waals surface area contributed by atoms with Crippen LogP contribution in [0.4, 0.5) is 13.2 Å². The van der Waals surface area contributed by atoms with Gasteiger partial charge in [-0.25, -0.2) is 0 Å². The SMILES string of the molecule is C[Si]1(C)OC(c2cccc(C(F)(F)F)c2)c2ccccc21. The molecule has 1 heterocycles. The van der Waals surface area contributed by atoms with Crippen molar-refractivity contribution in [3.05, 3.63) is 65.2 Å². The van der Waals surface area contributed by atoms with E-state index in [1.165, 1.54) is 12.1 Å². The summed E-state index contributed by atoms with van der Waals surface area (Å²) in [7, 11) is -2.05. The number of benzene rings is 2. The number of hydrogen-bond acceptors (Lipinski definition) is 1. The molecule has 1 aliphatic rings. The van der Waals surface area contributed by atoms with Crippen LogP contribution in [-0.2, 0) is 10.6 Å². The molecule has 0 amide bonds. The van der Waals surface area contributed by atoms with Crippen molar-refractivity contribution in [1.29, 1.82) is 0 Å². The lowest BCUT2D eigenvalue weighted by atomic mass is 9.99. The molecular weight excluding hydrogens is 293 g/mol. The minimum absolute atomic E-state index is 0.398. The predicted molar refractivity (Wildman–Crippen MR) is 77.9 cm³/mol. The lowest BCUT2D eigenvalue weighted by Crippen LogP contribution is -2.39. The van der Waals surface area contributed by atoms with Crippen LogP contribution in [0.5, 0.6) is 0 Å². The number of rotatable bonds is 1. The maximum atomic E-state index is 12.9. The third-order valence-electron chi connectivity index (χ3n) is 3.82. The van der Waals surface area contributed by atoms with E-state index < -0.39 is 26.2 Å². The largest absolute Gasteiger partial charge is 0.416 e. The second-order valence-corrected chi connectivity index (χ2v) is 9.51. The Morgan fingerprint density at radius 3 is 2.43 bits per heavy atom. The molecule has 2 aromatic carbocycles. The molecule has 0 saturated heterocycles. The minimum Gasteiger partial charge on any atom is -0.402 e. The number of fused-ring (bicyclic) bond motifs is 1. The van der Waals surface area contributed by atoms with E-state index in [0.717, 1.165) is 16.8 Å². The first kappa shape index (κ1) is 14.3. The molecule has 0 spiro atoms. The maximum Gasteiger partial charge on any atom is 0.416 e. The molecule has 21 heavy (non-hydrogen) atoms. The Morgan fingerprint density at radius 2 is 1.71 bits per heavy atom. The topological polar surface area (TPSA) is 9.23 Å². The van der Waals surface area contributed by atoms with Crippen LogP contribution >= 0.6 is 0 Å². The first-order chi connectivity index (χ1) is 9.79. The highest BCUT2D eigenvalue weighted by atomic mass is 28.4. The molecule has 0 bridgehead atoms. The van der Waals surface area contributed by atoms with Crippen LogP contribution in [0.25, 0.3) is 0 Å². The van der Waals surface area contributed by atoms with Crippen LogP contribution in [0.1, 0.15) is 22.8 Å². The van der Waals surface area contributed by atoms with Crippen molar-refractivity contribution < 1.29 is 17.6 Å². The van der Waals surface area contributed by atoms with E-state index in [9.17, 15) is 13.2 Å². The Labute approximate surface area is 122 Å². The number of hydrogen-bond donors (Lipinski definition) is 0. The summed E-state index contributed by atoms with van der Waals surface area (Å²) in [4.78, 5) is 0. The number of alkyl halides is 3. The highest BCUT2D eigenvalue weighted by molar-refractivity contribution is 6.85. The molecule has 3 rings (SSSR count). The van der Waals surface area contributed by atoms with Crippen molar-refractivity contribution in [3.8, 4) is 0 Å². The van der Waals surface area contributed by atoms with Gasteiger partial charge in [-0.15, -0.1) is 0 Å². The van der Waals surface area contributed by atoms with Crippen molar-refractivity contribution in [2.45, 2.75) is 25.4 Å². The molecule has 1 atom stereocenters. The van der Waals surface area contributed by atoms with Crippen LogP contribution in [-0.4, -0.2) is 8.32 Å². The zero-order valence-electron chi connectivity index (χ0n) is 11.7. The van der Waals surface area contributed by atoms with E-state index in [1.54, 1.807) is 6.07 Å². The molecule has 0 aliphatic carbocycles. The van der Waals surface area contributed by atoms with Gasteiger partial charge >= 0.3 is 6.18 Å². The molecule has 1 nitrogen and oxygen atoms in total. The number of halogens is 3. The lowest BCUT2D eigenvalue weighted by molar-refractivity contribution is -0.137. The summed E-state index contributed by atoms with van der Waals surface area (Å²) in [5.74, 6) is 0. The van der Waals surface area contributed by atoms with Gasteiger partial charge in [-0.05, 0) is 41.5 Å². The molecule has 0 radical (unpaired) electrons. The van der Waals surface area contributed by atoms with Gasteiger partial charge in [-0.3, -0.25) is 0 Å². The van der Waals surface area contributed by atoms with Gasteiger partial charge in [0.05, 0.1) is 11.7 Å². The third-order valence-corrected chi connectivity index (χ3v) is 6.40. The molecule has 0 saturated carbocycles. The molecule has 0 fully saturated rings. The van der Waals surface area contributed by atoms with Crippen molar-refractivity contribution in [3.63, 3.8) is 0 Å². The Kier molecular flexibility index (Phi) is 3.22. The minimum atomic E-state index is -4.33. The van der Waals surface area contributed by atoms with Gasteiger partial charge in [0.2, 0.25) is 8.32 Å². The summed E-state index contributed by atoms with van der Waals surface area (Å²) in [6, 6.07) is 13.2. The molecule has 0 aromatic heterocycles. The predicted octanol–water partition coefficient (Wildman–Crippen LogP) is 4.24. The fraction of sp³-hybridized carbons (Fsp3) is 0.250. The molecule has 1 aliphatic heterocycles. The second kappa shape index (κ2) is 4.71. The van der Waals surface area contributed by atoms with Gasteiger partial charge in [0.25, 0.3) is 0 Å². The average Bonchev–Trinajstić information content (AvgIpc) is 2.71. The summed E-state index contributed by atoms with van der Waals surface area (Å²) in [6.45, 7) is 4.14. The van der Waals surface area contributed by atoms with Crippen LogP contribution < -0.4 is 5.19 Å². The Hall–Kier alpha value is -1.59. The average molecular weight is 308 g/mol. The lowest BCUT2D eigenvalue weighted by Gasteiger charge is -2.19. The van der Waals surface area contributed by atoms with Crippen molar-refractivity contribution in [2.75, 3.05) is 0 Å². The molecule has 0 N–H and O–H groups in total. The zero-order valence-corrected chi connectivity index (χ0v) is 12.7. The maximum absolute atomic E-state index is 12.9. The van der Waals surface area contributed by atoms with Gasteiger partial charge in [0.15, 0.2) is 0 Å². The van der Waals surface area contributed by atoms with Gasteiger partial charge < -0.3 is 4.43 Å². The van der Waals surface area contributed by atoms with E-state index >= 15 is 0 Å². The smallest absolute Gasteiger partial charge is 0.402 e. The summed E-state index contributed by atoms with van der Waals surface area (Å²) >= 11 is 0. The molecule has 110 valence electrons. The van der Waals surface area contributed by atoms with E-state index in [1.807, 2.05) is 24.3 Å². The first-order valence-corrected chi connectivity index (χ1v) is 9.64. The van der Waals surface area contributed by atoms with E-state index in [2.05, 4.69) is 13.1 Å². The fourth-order valence-corrected chi connectivity index (χ4v) is 5.21. The summed E-state index contributed by atoms with van der Waals surface area (Å²) in [5.41, 5.74) is 0.927. The normalized spacial score (nSPS) is 20.3. The van der Waals surface area contributed by atoms with Gasteiger partial charge in [0, 0.05) is 0 Å². The van der Waals surface area contributed by atoms with Crippen molar-refractivity contribution in [1.82, 2.24) is 0 Å². The van der Waals surface area contributed by atoms with Crippen molar-refractivity contribution in [2.24, 2.45) is 0 Å². The molecule has 5 heteroatoms. The standard InChI is InChI=1S/C16H15F3OSi/c1-21(2)14-9-4-3-8-13(14)15(20-21)11-6-5-7-12(10-11)16(17,18)19/h3-10,15H,1-2H3. The summed E-state index contributed by atoms with van der Waals surface area (Å²) in [6.07, 6.45) is -4.73. The highest BCUT2D eigenvalue weighted by Crippen LogP contribution is 2.37. The van der Waals surface area contributed by atoms with Gasteiger partial charge in [0.1, 0.15) is 0 Å². The highest BCUT2D eigenvalue weighted by Gasteiger charge is 2.41. The Bertz CT molecular complexity index is 679. The van der Waals surface area contributed by atoms with Crippen LogP contribution in [0.15, 0.2) is 48.5 Å². The quantitative estimate of drug-likeness (QED) is 0.716. The third kappa shape index (κ3) is 2.51. The van der Waals surface area contributed by atoms with E-state index in [-0.39, 0.29) is 0 Å². The monoisotopic (exact) mass is 308 g/mol. The van der Waals surface area contributed by atoms with E-state index in [0.29, 0.717) is 5.56 Å². The Balaban J connectivity index is 2.07. The summed E-state index contributed by atoms with van der Waals surface area (Å²) in [5, 5.41) is 1.16. The zero-order chi connectivity index (χ0) is 15.3. The molecule has 2 aromatic rings. The fourth-order valence-electron chi connectivity index (χ4n) is 2.82. The summed E-state index contributed by atoms with van der Waals surface area (Å²) < 4.78 is 44.8. The molecule has 1 unspecified atom stereocenters. The van der Waals surface area contributed by atoms with E-state index in [4.69, 9.17) is 4.43 Å². The van der Waals surface area contributed by atoms with Crippen LogP contribution in [0.3, 0.4) is 0 Å². The first-order valence-electron chi connectivity index (χ1n) is 6.73. The van der Waals surface area contributed by atoms with Crippen LogP contribution in [0.2, 0.25) is 13.1 Å². The molecular formula is C16H15F3OSi. The van der Waals surface area contributed by atoms with Crippen LogP contribution in [0, 0.1) is 0 Å². The van der Waals surface area contributed by atoms with Crippen molar-refractivity contribution >= 4 is 13.5 Å².